The fraction of sp³-hybridized carbons (Fsp3) is 0.192. The number of aromatic nitrogens is 2. The van der Waals surface area contributed by atoms with Crippen LogP contribution in [0, 0.1) is 0 Å². The van der Waals surface area contributed by atoms with Crippen molar-refractivity contribution in [3.8, 4) is 0 Å². The standard InChI is InChI=1S/C26H26N4O2/c1-3-25(31)28-21-12-9-18(10-13-21)15-24-29-22-14-11-20(16-23(22)30-24)26(32)27-17(2)19-7-5-4-6-8-19/h4-14,16-17H,3,15H2,1-2H3,(H,27,32)(H,28,31)(H,29,30)/t17-/m1/s1. The van der Waals surface area contributed by atoms with Gasteiger partial charge in [0.05, 0.1) is 17.1 Å². The van der Waals surface area contributed by atoms with E-state index in [1.54, 1.807) is 6.07 Å². The number of amides is 2. The van der Waals surface area contributed by atoms with E-state index in [9.17, 15) is 9.59 Å². The molecule has 0 aliphatic rings. The summed E-state index contributed by atoms with van der Waals surface area (Å²) in [6.07, 6.45) is 1.08. The maximum Gasteiger partial charge on any atom is 0.251 e. The quantitative estimate of drug-likeness (QED) is 0.389. The van der Waals surface area contributed by atoms with Crippen LogP contribution in [-0.4, -0.2) is 21.8 Å². The molecule has 3 N–H and O–H groups in total. The minimum Gasteiger partial charge on any atom is -0.346 e. The summed E-state index contributed by atoms with van der Waals surface area (Å²) in [5, 5.41) is 5.89. The average Bonchev–Trinajstić information content (AvgIpc) is 3.22. The molecule has 0 spiro atoms. The predicted molar refractivity (Wildman–Crippen MR) is 127 cm³/mol. The Morgan fingerprint density at radius 1 is 1.00 bits per heavy atom. The first-order valence-corrected chi connectivity index (χ1v) is 10.7. The molecule has 0 fully saturated rings. The molecule has 4 rings (SSSR count). The highest BCUT2D eigenvalue weighted by Gasteiger charge is 2.13. The van der Waals surface area contributed by atoms with Crippen LogP contribution in [0.15, 0.2) is 72.8 Å². The number of nitrogens with zero attached hydrogens (tertiary/aromatic N) is 1. The Bertz CT molecular complexity index is 1230. The monoisotopic (exact) mass is 426 g/mol. The normalized spacial score (nSPS) is 11.8. The summed E-state index contributed by atoms with van der Waals surface area (Å²) in [4.78, 5) is 32.2. The minimum atomic E-state index is -0.121. The second-order valence-electron chi connectivity index (χ2n) is 7.80. The molecule has 0 saturated heterocycles. The topological polar surface area (TPSA) is 86.9 Å². The van der Waals surface area contributed by atoms with Crippen LogP contribution in [0.2, 0.25) is 0 Å². The molecule has 0 radical (unpaired) electrons. The van der Waals surface area contributed by atoms with Crippen molar-refractivity contribution in [3.05, 3.63) is 95.3 Å². The summed E-state index contributed by atoms with van der Waals surface area (Å²) in [7, 11) is 0. The molecule has 0 saturated carbocycles. The molecule has 162 valence electrons. The van der Waals surface area contributed by atoms with Crippen molar-refractivity contribution in [3.63, 3.8) is 0 Å². The van der Waals surface area contributed by atoms with Crippen LogP contribution in [0.25, 0.3) is 11.0 Å². The SMILES string of the molecule is CCC(=O)Nc1ccc(Cc2nc3ccc(C(=O)N[C@H](C)c4ccccc4)cc3[nH]2)cc1. The Kier molecular flexibility index (Phi) is 6.31. The summed E-state index contributed by atoms with van der Waals surface area (Å²) >= 11 is 0. The second-order valence-corrected chi connectivity index (χ2v) is 7.80. The number of hydrogen-bond acceptors (Lipinski definition) is 3. The third-order valence-electron chi connectivity index (χ3n) is 5.37. The zero-order valence-electron chi connectivity index (χ0n) is 18.2. The van der Waals surface area contributed by atoms with Crippen molar-refractivity contribution < 1.29 is 9.59 Å². The highest BCUT2D eigenvalue weighted by Crippen LogP contribution is 2.18. The maximum absolute atomic E-state index is 12.7. The van der Waals surface area contributed by atoms with E-state index < -0.39 is 0 Å². The number of carbonyl (C=O) groups is 2. The van der Waals surface area contributed by atoms with E-state index in [1.807, 2.05) is 80.6 Å². The summed E-state index contributed by atoms with van der Waals surface area (Å²) in [5.41, 5.74) is 5.16. The van der Waals surface area contributed by atoms with E-state index in [2.05, 4.69) is 20.6 Å². The number of nitrogens with one attached hydrogen (secondary N) is 3. The van der Waals surface area contributed by atoms with E-state index in [4.69, 9.17) is 0 Å². The Balaban J connectivity index is 1.44. The Morgan fingerprint density at radius 3 is 2.47 bits per heavy atom. The van der Waals surface area contributed by atoms with Gasteiger partial charge < -0.3 is 15.6 Å². The number of aromatic amines is 1. The molecule has 0 unspecified atom stereocenters. The first kappa shape index (κ1) is 21.3. The molecule has 6 heteroatoms. The van der Waals surface area contributed by atoms with Gasteiger partial charge in [0.1, 0.15) is 5.82 Å². The molecule has 0 aliphatic heterocycles. The van der Waals surface area contributed by atoms with Gasteiger partial charge in [0.25, 0.3) is 5.91 Å². The largest absolute Gasteiger partial charge is 0.346 e. The van der Waals surface area contributed by atoms with Crippen LogP contribution < -0.4 is 10.6 Å². The number of imidazole rings is 1. The summed E-state index contributed by atoms with van der Waals surface area (Å²) in [6, 6.07) is 23.0. The van der Waals surface area contributed by atoms with Crippen molar-refractivity contribution in [2.75, 3.05) is 5.32 Å². The van der Waals surface area contributed by atoms with Gasteiger partial charge in [0, 0.05) is 24.1 Å². The van der Waals surface area contributed by atoms with Crippen molar-refractivity contribution >= 4 is 28.5 Å². The highest BCUT2D eigenvalue weighted by molar-refractivity contribution is 5.97. The third kappa shape index (κ3) is 5.03. The molecule has 1 aromatic heterocycles. The lowest BCUT2D eigenvalue weighted by Crippen LogP contribution is -2.26. The number of rotatable bonds is 7. The lowest BCUT2D eigenvalue weighted by atomic mass is 10.1. The van der Waals surface area contributed by atoms with E-state index in [0.717, 1.165) is 33.7 Å². The van der Waals surface area contributed by atoms with Crippen molar-refractivity contribution in [1.29, 1.82) is 0 Å². The van der Waals surface area contributed by atoms with Gasteiger partial charge in [0.15, 0.2) is 0 Å². The van der Waals surface area contributed by atoms with Crippen LogP contribution in [0.3, 0.4) is 0 Å². The fourth-order valence-electron chi connectivity index (χ4n) is 3.54. The fourth-order valence-corrected chi connectivity index (χ4v) is 3.54. The highest BCUT2D eigenvalue weighted by atomic mass is 16.2. The molecule has 4 aromatic rings. The number of hydrogen-bond donors (Lipinski definition) is 3. The lowest BCUT2D eigenvalue weighted by Gasteiger charge is -2.14. The van der Waals surface area contributed by atoms with Gasteiger partial charge in [0.2, 0.25) is 5.91 Å². The van der Waals surface area contributed by atoms with Gasteiger partial charge in [-0.25, -0.2) is 4.98 Å². The number of anilines is 1. The number of H-pyrrole nitrogens is 1. The van der Waals surface area contributed by atoms with Crippen LogP contribution in [0.4, 0.5) is 5.69 Å². The van der Waals surface area contributed by atoms with Crippen molar-refractivity contribution in [1.82, 2.24) is 15.3 Å². The third-order valence-corrected chi connectivity index (χ3v) is 5.37. The molecule has 0 bridgehead atoms. The van der Waals surface area contributed by atoms with E-state index in [0.29, 0.717) is 18.4 Å². The predicted octanol–water partition coefficient (Wildman–Crippen LogP) is 4.99. The molecule has 32 heavy (non-hydrogen) atoms. The van der Waals surface area contributed by atoms with Gasteiger partial charge >= 0.3 is 0 Å². The maximum atomic E-state index is 12.7. The van der Waals surface area contributed by atoms with Gasteiger partial charge in [-0.15, -0.1) is 0 Å². The van der Waals surface area contributed by atoms with Crippen LogP contribution in [-0.2, 0) is 11.2 Å². The van der Waals surface area contributed by atoms with E-state index in [1.165, 1.54) is 0 Å². The van der Waals surface area contributed by atoms with Gasteiger partial charge in [-0.1, -0.05) is 49.4 Å². The van der Waals surface area contributed by atoms with E-state index in [-0.39, 0.29) is 17.9 Å². The zero-order valence-corrected chi connectivity index (χ0v) is 18.2. The minimum absolute atomic E-state index is 0.00645. The molecule has 1 heterocycles. The molecule has 0 aliphatic carbocycles. The summed E-state index contributed by atoms with van der Waals surface area (Å²) in [6.45, 7) is 3.79. The van der Waals surface area contributed by atoms with Crippen molar-refractivity contribution in [2.24, 2.45) is 0 Å². The van der Waals surface area contributed by atoms with Gasteiger partial charge in [-0.3, -0.25) is 9.59 Å². The first-order valence-electron chi connectivity index (χ1n) is 10.7. The molecular weight excluding hydrogens is 400 g/mol. The van der Waals surface area contributed by atoms with Gasteiger partial charge in [-0.05, 0) is 48.4 Å². The van der Waals surface area contributed by atoms with Crippen LogP contribution in [0.5, 0.6) is 0 Å². The van der Waals surface area contributed by atoms with Crippen molar-refractivity contribution in [2.45, 2.75) is 32.7 Å². The lowest BCUT2D eigenvalue weighted by molar-refractivity contribution is -0.115. The molecule has 1 atom stereocenters. The number of benzene rings is 3. The Hall–Kier alpha value is -3.93. The summed E-state index contributed by atoms with van der Waals surface area (Å²) < 4.78 is 0. The van der Waals surface area contributed by atoms with Gasteiger partial charge in [-0.2, -0.15) is 0 Å². The second kappa shape index (κ2) is 9.47. The first-order chi connectivity index (χ1) is 15.5. The summed E-state index contributed by atoms with van der Waals surface area (Å²) in [5.74, 6) is 0.692. The number of fused-ring (bicyclic) bond motifs is 1. The Labute approximate surface area is 187 Å². The van der Waals surface area contributed by atoms with Crippen LogP contribution >= 0.6 is 0 Å². The Morgan fingerprint density at radius 2 is 1.75 bits per heavy atom. The number of carbonyl (C=O) groups excluding carboxylic acids is 2. The average molecular weight is 427 g/mol. The molecule has 6 nitrogen and oxygen atoms in total. The smallest absolute Gasteiger partial charge is 0.251 e. The molecule has 2 amide bonds. The van der Waals surface area contributed by atoms with Crippen LogP contribution in [0.1, 0.15) is 53.6 Å². The zero-order chi connectivity index (χ0) is 22.5. The molecule has 3 aromatic carbocycles. The molecular formula is C26H26N4O2. The van der Waals surface area contributed by atoms with E-state index >= 15 is 0 Å².